The van der Waals surface area contributed by atoms with Crippen molar-refractivity contribution in [3.05, 3.63) is 30.4 Å². The number of methoxy groups -OCH3 is 1. The zero-order valence-electron chi connectivity index (χ0n) is 6.97. The van der Waals surface area contributed by atoms with Gasteiger partial charge in [0.25, 0.3) is 0 Å². The Balaban J connectivity index is 2.54. The maximum absolute atomic E-state index is 11.1. The molecular weight excluding hydrogens is 170 g/mol. The number of ether oxygens (including phenoxy) is 1. The number of carbonyl (C=O) groups excluding carboxylic acids is 1. The minimum atomic E-state index is -0.453. The molecule has 5 nitrogen and oxygen atoms in total. The van der Waals surface area contributed by atoms with Crippen LogP contribution in [-0.4, -0.2) is 27.4 Å². The van der Waals surface area contributed by atoms with Gasteiger partial charge in [-0.1, -0.05) is 0 Å². The van der Waals surface area contributed by atoms with Gasteiger partial charge in [-0.15, -0.1) is 0 Å². The summed E-state index contributed by atoms with van der Waals surface area (Å²) >= 11 is 0. The molecule has 0 saturated carbocycles. The zero-order valence-corrected chi connectivity index (χ0v) is 6.97. The van der Waals surface area contributed by atoms with E-state index in [0.717, 1.165) is 0 Å². The van der Waals surface area contributed by atoms with Gasteiger partial charge < -0.3 is 4.74 Å². The maximum Gasteiger partial charge on any atom is 0.356 e. The number of imidazole rings is 1. The van der Waals surface area contributed by atoms with Crippen molar-refractivity contribution in [3.8, 4) is 0 Å². The zero-order chi connectivity index (χ0) is 9.26. The van der Waals surface area contributed by atoms with Crippen molar-refractivity contribution in [2.45, 2.75) is 0 Å². The molecule has 0 aliphatic carbocycles. The summed E-state index contributed by atoms with van der Waals surface area (Å²) in [5.41, 5.74) is 0.265. The van der Waals surface area contributed by atoms with Crippen LogP contribution in [0.4, 0.5) is 0 Å². The predicted octanol–water partition coefficient (Wildman–Crippen LogP) is 0.516. The molecule has 0 saturated heterocycles. The first kappa shape index (κ1) is 7.72. The van der Waals surface area contributed by atoms with Gasteiger partial charge in [0.15, 0.2) is 5.69 Å². The third kappa shape index (κ3) is 1.24. The summed E-state index contributed by atoms with van der Waals surface area (Å²) in [5.74, 6) is 0.0356. The minimum absolute atomic E-state index is 0.265. The van der Waals surface area contributed by atoms with E-state index in [9.17, 15) is 4.79 Å². The molecule has 0 fully saturated rings. The van der Waals surface area contributed by atoms with Gasteiger partial charge in [-0.05, 0) is 6.07 Å². The molecule has 2 rings (SSSR count). The summed E-state index contributed by atoms with van der Waals surface area (Å²) in [5, 5.41) is 0. The largest absolute Gasteiger partial charge is 0.464 e. The SMILES string of the molecule is COC(=O)c1ccn2ccnc2n1. The molecule has 66 valence electrons. The number of esters is 1. The number of aromatic nitrogens is 3. The molecule has 2 aromatic rings. The lowest BCUT2D eigenvalue weighted by Gasteiger charge is -1.97. The fraction of sp³-hybridized carbons (Fsp3) is 0.125. The Labute approximate surface area is 74.0 Å². The van der Waals surface area contributed by atoms with Gasteiger partial charge in [-0.25, -0.2) is 14.8 Å². The number of rotatable bonds is 1. The fourth-order valence-electron chi connectivity index (χ4n) is 1.02. The van der Waals surface area contributed by atoms with E-state index in [2.05, 4.69) is 14.7 Å². The summed E-state index contributed by atoms with van der Waals surface area (Å²) in [4.78, 5) is 19.0. The first-order chi connectivity index (χ1) is 6.31. The van der Waals surface area contributed by atoms with Gasteiger partial charge in [0.1, 0.15) is 0 Å². The van der Waals surface area contributed by atoms with Crippen molar-refractivity contribution < 1.29 is 9.53 Å². The molecule has 0 N–H and O–H groups in total. The van der Waals surface area contributed by atoms with Crippen LogP contribution in [-0.2, 0) is 4.74 Å². The summed E-state index contributed by atoms with van der Waals surface area (Å²) in [6, 6.07) is 1.58. The first-order valence-electron chi connectivity index (χ1n) is 3.69. The van der Waals surface area contributed by atoms with Crippen LogP contribution in [0, 0.1) is 0 Å². The third-order valence-corrected chi connectivity index (χ3v) is 1.66. The van der Waals surface area contributed by atoms with Crippen LogP contribution in [0.2, 0.25) is 0 Å². The molecule has 0 unspecified atom stereocenters. The van der Waals surface area contributed by atoms with Crippen molar-refractivity contribution in [1.29, 1.82) is 0 Å². The number of fused-ring (bicyclic) bond motifs is 1. The molecule has 0 aromatic carbocycles. The molecule has 0 atom stereocenters. The van der Waals surface area contributed by atoms with Gasteiger partial charge in [0, 0.05) is 18.6 Å². The van der Waals surface area contributed by atoms with Crippen LogP contribution < -0.4 is 0 Å². The monoisotopic (exact) mass is 177 g/mol. The van der Waals surface area contributed by atoms with Crippen LogP contribution in [0.1, 0.15) is 10.5 Å². The second-order valence-electron chi connectivity index (χ2n) is 2.44. The van der Waals surface area contributed by atoms with Gasteiger partial charge in [-0.2, -0.15) is 0 Å². The lowest BCUT2D eigenvalue weighted by atomic mass is 10.4. The Morgan fingerprint density at radius 1 is 1.54 bits per heavy atom. The summed E-state index contributed by atoms with van der Waals surface area (Å²) in [6.07, 6.45) is 5.08. The highest BCUT2D eigenvalue weighted by atomic mass is 16.5. The Kier molecular flexibility index (Phi) is 1.70. The van der Waals surface area contributed by atoms with Crippen molar-refractivity contribution in [2.24, 2.45) is 0 Å². The molecule has 0 bridgehead atoms. The number of carbonyl (C=O) groups is 1. The van der Waals surface area contributed by atoms with Crippen molar-refractivity contribution in [3.63, 3.8) is 0 Å². The highest BCUT2D eigenvalue weighted by Gasteiger charge is 2.07. The highest BCUT2D eigenvalue weighted by Crippen LogP contribution is 2.00. The molecule has 0 aliphatic heterocycles. The van der Waals surface area contributed by atoms with Crippen LogP contribution in [0.5, 0.6) is 0 Å². The molecule has 0 amide bonds. The molecule has 5 heteroatoms. The molecular formula is C8H7N3O2. The molecule has 0 radical (unpaired) electrons. The molecule has 2 heterocycles. The molecule has 0 aliphatic rings. The van der Waals surface area contributed by atoms with E-state index in [4.69, 9.17) is 0 Å². The van der Waals surface area contributed by atoms with Crippen LogP contribution in [0.15, 0.2) is 24.7 Å². The van der Waals surface area contributed by atoms with Crippen molar-refractivity contribution >= 4 is 11.7 Å². The van der Waals surface area contributed by atoms with E-state index >= 15 is 0 Å². The topological polar surface area (TPSA) is 56.5 Å². The van der Waals surface area contributed by atoms with E-state index in [1.165, 1.54) is 7.11 Å². The highest BCUT2D eigenvalue weighted by molar-refractivity contribution is 5.87. The third-order valence-electron chi connectivity index (χ3n) is 1.66. The van der Waals surface area contributed by atoms with Crippen LogP contribution >= 0.6 is 0 Å². The maximum atomic E-state index is 11.1. The van der Waals surface area contributed by atoms with Crippen LogP contribution in [0.3, 0.4) is 0 Å². The summed E-state index contributed by atoms with van der Waals surface area (Å²) < 4.78 is 6.24. The second-order valence-corrected chi connectivity index (χ2v) is 2.44. The quantitative estimate of drug-likeness (QED) is 0.596. The molecule has 13 heavy (non-hydrogen) atoms. The number of nitrogens with zero attached hydrogens (tertiary/aromatic N) is 3. The van der Waals surface area contributed by atoms with E-state index < -0.39 is 5.97 Å². The lowest BCUT2D eigenvalue weighted by Crippen LogP contribution is -2.05. The average molecular weight is 177 g/mol. The van der Waals surface area contributed by atoms with Gasteiger partial charge in [0.2, 0.25) is 5.78 Å². The first-order valence-corrected chi connectivity index (χ1v) is 3.69. The van der Waals surface area contributed by atoms with E-state index in [1.807, 2.05) is 0 Å². The van der Waals surface area contributed by atoms with Crippen LogP contribution in [0.25, 0.3) is 5.78 Å². The van der Waals surface area contributed by atoms with E-state index in [0.29, 0.717) is 5.78 Å². The fourth-order valence-corrected chi connectivity index (χ4v) is 1.02. The lowest BCUT2D eigenvalue weighted by molar-refractivity contribution is 0.0594. The average Bonchev–Trinajstić information content (AvgIpc) is 2.63. The summed E-state index contributed by atoms with van der Waals surface area (Å²) in [6.45, 7) is 0. The summed E-state index contributed by atoms with van der Waals surface area (Å²) in [7, 11) is 1.32. The number of hydrogen-bond acceptors (Lipinski definition) is 4. The Morgan fingerprint density at radius 2 is 2.38 bits per heavy atom. The Morgan fingerprint density at radius 3 is 3.15 bits per heavy atom. The Hall–Kier alpha value is -1.91. The van der Waals surface area contributed by atoms with Gasteiger partial charge >= 0.3 is 5.97 Å². The molecule has 2 aromatic heterocycles. The normalized spacial score (nSPS) is 10.2. The second kappa shape index (κ2) is 2.85. The Bertz CT molecular complexity index is 449. The van der Waals surface area contributed by atoms with Gasteiger partial charge in [-0.3, -0.25) is 4.40 Å². The standard InChI is InChI=1S/C8H7N3O2/c1-13-7(12)6-2-4-11-5-3-9-8(11)10-6/h2-5H,1H3. The van der Waals surface area contributed by atoms with E-state index in [-0.39, 0.29) is 5.69 Å². The van der Waals surface area contributed by atoms with Gasteiger partial charge in [0.05, 0.1) is 7.11 Å². The minimum Gasteiger partial charge on any atom is -0.464 e. The van der Waals surface area contributed by atoms with Crippen molar-refractivity contribution in [2.75, 3.05) is 7.11 Å². The van der Waals surface area contributed by atoms with E-state index in [1.54, 1.807) is 29.1 Å². The smallest absolute Gasteiger partial charge is 0.356 e. The van der Waals surface area contributed by atoms with Crippen molar-refractivity contribution in [1.82, 2.24) is 14.4 Å². The molecule has 0 spiro atoms. The predicted molar refractivity (Wildman–Crippen MR) is 44.3 cm³/mol. The number of hydrogen-bond donors (Lipinski definition) is 0.